The maximum absolute atomic E-state index is 3.40. The van der Waals surface area contributed by atoms with Gasteiger partial charge in [0.05, 0.1) is 0 Å². The first-order chi connectivity index (χ1) is 8.68. The van der Waals surface area contributed by atoms with Crippen molar-refractivity contribution in [2.75, 3.05) is 32.6 Å². The normalized spacial score (nSPS) is 18.6. The third-order valence-electron chi connectivity index (χ3n) is 4.32. The average Bonchev–Trinajstić information content (AvgIpc) is 2.40. The molecule has 1 N–H and O–H groups in total. The molecule has 0 saturated heterocycles. The summed E-state index contributed by atoms with van der Waals surface area (Å²) < 4.78 is 0. The van der Waals surface area contributed by atoms with Crippen molar-refractivity contribution in [1.82, 2.24) is 5.32 Å². The largest absolute Gasteiger partial charge is 0.378 e. The highest BCUT2D eigenvalue weighted by atomic mass is 15.1. The zero-order chi connectivity index (χ0) is 13.0. The van der Waals surface area contributed by atoms with E-state index >= 15 is 0 Å². The lowest BCUT2D eigenvalue weighted by atomic mass is 9.69. The van der Waals surface area contributed by atoms with Crippen LogP contribution in [0.1, 0.15) is 37.7 Å². The molecular weight excluding hydrogens is 220 g/mol. The second-order valence-corrected chi connectivity index (χ2v) is 5.81. The van der Waals surface area contributed by atoms with E-state index in [1.807, 2.05) is 0 Å². The van der Waals surface area contributed by atoms with Crippen LogP contribution in [0.2, 0.25) is 0 Å². The Morgan fingerprint density at radius 2 is 1.67 bits per heavy atom. The molecule has 2 nitrogen and oxygen atoms in total. The summed E-state index contributed by atoms with van der Waals surface area (Å²) in [5.41, 5.74) is 3.18. The molecule has 0 bridgehead atoms. The van der Waals surface area contributed by atoms with Crippen molar-refractivity contribution in [3.05, 3.63) is 29.8 Å². The van der Waals surface area contributed by atoms with Gasteiger partial charge in [-0.1, -0.05) is 31.4 Å². The molecule has 100 valence electrons. The first-order valence-electron chi connectivity index (χ1n) is 7.10. The van der Waals surface area contributed by atoms with Gasteiger partial charge in [0, 0.05) is 31.7 Å². The van der Waals surface area contributed by atoms with Crippen LogP contribution >= 0.6 is 0 Å². The minimum atomic E-state index is 0.373. The minimum Gasteiger partial charge on any atom is -0.378 e. The Morgan fingerprint density at radius 3 is 2.17 bits per heavy atom. The number of benzene rings is 1. The molecule has 1 aromatic carbocycles. The zero-order valence-corrected chi connectivity index (χ0v) is 12.0. The molecule has 0 radical (unpaired) electrons. The summed E-state index contributed by atoms with van der Waals surface area (Å²) >= 11 is 0. The van der Waals surface area contributed by atoms with Gasteiger partial charge in [-0.3, -0.25) is 0 Å². The van der Waals surface area contributed by atoms with Gasteiger partial charge >= 0.3 is 0 Å². The van der Waals surface area contributed by atoms with Crippen LogP contribution < -0.4 is 10.2 Å². The second-order valence-electron chi connectivity index (χ2n) is 5.81. The summed E-state index contributed by atoms with van der Waals surface area (Å²) in [6.07, 6.45) is 6.81. The summed E-state index contributed by atoms with van der Waals surface area (Å²) in [7, 11) is 6.27. The fourth-order valence-corrected chi connectivity index (χ4v) is 3.25. The van der Waals surface area contributed by atoms with Crippen molar-refractivity contribution in [2.45, 2.75) is 37.5 Å². The topological polar surface area (TPSA) is 15.3 Å². The lowest BCUT2D eigenvalue weighted by Crippen LogP contribution is -2.38. The molecule has 0 amide bonds. The fraction of sp³-hybridized carbons (Fsp3) is 0.625. The van der Waals surface area contributed by atoms with E-state index in [1.54, 1.807) is 0 Å². The summed E-state index contributed by atoms with van der Waals surface area (Å²) in [6.45, 7) is 1.11. The first-order valence-corrected chi connectivity index (χ1v) is 7.10. The molecule has 0 unspecified atom stereocenters. The Hall–Kier alpha value is -1.02. The summed E-state index contributed by atoms with van der Waals surface area (Å²) in [5, 5.41) is 3.40. The van der Waals surface area contributed by atoms with E-state index in [0.29, 0.717) is 5.41 Å². The van der Waals surface area contributed by atoms with E-state index in [0.717, 1.165) is 6.54 Å². The van der Waals surface area contributed by atoms with Crippen molar-refractivity contribution in [3.8, 4) is 0 Å². The van der Waals surface area contributed by atoms with E-state index in [-0.39, 0.29) is 0 Å². The highest BCUT2D eigenvalue weighted by Gasteiger charge is 2.32. The molecule has 0 aliphatic heterocycles. The highest BCUT2D eigenvalue weighted by molar-refractivity contribution is 5.47. The van der Waals surface area contributed by atoms with Crippen LogP contribution in [-0.2, 0) is 5.41 Å². The molecule has 0 aromatic heterocycles. The van der Waals surface area contributed by atoms with Crippen molar-refractivity contribution in [1.29, 1.82) is 0 Å². The number of likely N-dealkylation sites (N-methyl/N-ethyl adjacent to an activating group) is 1. The molecule has 0 heterocycles. The lowest BCUT2D eigenvalue weighted by molar-refractivity contribution is 0.286. The molecule has 1 aliphatic rings. The molecule has 1 fully saturated rings. The predicted molar refractivity (Wildman–Crippen MR) is 79.5 cm³/mol. The van der Waals surface area contributed by atoms with Gasteiger partial charge in [0.2, 0.25) is 0 Å². The van der Waals surface area contributed by atoms with Crippen molar-refractivity contribution >= 4 is 5.69 Å². The lowest BCUT2D eigenvalue weighted by Gasteiger charge is -2.38. The Balaban J connectivity index is 2.24. The van der Waals surface area contributed by atoms with Crippen LogP contribution in [-0.4, -0.2) is 27.7 Å². The fourth-order valence-electron chi connectivity index (χ4n) is 3.25. The van der Waals surface area contributed by atoms with E-state index in [4.69, 9.17) is 0 Å². The molecule has 1 saturated carbocycles. The van der Waals surface area contributed by atoms with Gasteiger partial charge in [-0.25, -0.2) is 0 Å². The molecule has 2 heteroatoms. The van der Waals surface area contributed by atoms with Crippen LogP contribution in [0.5, 0.6) is 0 Å². The van der Waals surface area contributed by atoms with Crippen molar-refractivity contribution in [2.24, 2.45) is 0 Å². The maximum Gasteiger partial charge on any atom is 0.0361 e. The molecule has 2 rings (SSSR count). The standard InChI is InChI=1S/C16H26N2/c1-17-13-16(11-5-4-6-12-16)14-7-9-15(10-8-14)18(2)3/h7-10,17H,4-6,11-13H2,1-3H3. The van der Waals surface area contributed by atoms with Gasteiger partial charge in [0.15, 0.2) is 0 Å². The van der Waals surface area contributed by atoms with Gasteiger partial charge in [0.25, 0.3) is 0 Å². The van der Waals surface area contributed by atoms with Crippen LogP contribution in [0, 0.1) is 0 Å². The van der Waals surface area contributed by atoms with Gasteiger partial charge in [-0.05, 0) is 37.6 Å². The van der Waals surface area contributed by atoms with E-state index in [2.05, 4.69) is 55.6 Å². The Morgan fingerprint density at radius 1 is 1.06 bits per heavy atom. The molecule has 18 heavy (non-hydrogen) atoms. The predicted octanol–water partition coefficient (Wildman–Crippen LogP) is 3.17. The zero-order valence-electron chi connectivity index (χ0n) is 12.0. The number of anilines is 1. The molecule has 1 aromatic rings. The highest BCUT2D eigenvalue weighted by Crippen LogP contribution is 2.39. The number of nitrogens with one attached hydrogen (secondary N) is 1. The van der Waals surface area contributed by atoms with E-state index < -0.39 is 0 Å². The number of nitrogens with zero attached hydrogens (tertiary/aromatic N) is 1. The van der Waals surface area contributed by atoms with Crippen molar-refractivity contribution < 1.29 is 0 Å². The SMILES string of the molecule is CNCC1(c2ccc(N(C)C)cc2)CCCCC1. The van der Waals surface area contributed by atoms with E-state index in [1.165, 1.54) is 43.4 Å². The number of hydrogen-bond donors (Lipinski definition) is 1. The Bertz CT molecular complexity index is 356. The van der Waals surface area contributed by atoms with E-state index in [9.17, 15) is 0 Å². The summed E-state index contributed by atoms with van der Waals surface area (Å²) in [5.74, 6) is 0. The van der Waals surface area contributed by atoms with Crippen LogP contribution in [0.25, 0.3) is 0 Å². The number of rotatable bonds is 4. The smallest absolute Gasteiger partial charge is 0.0361 e. The number of hydrogen-bond acceptors (Lipinski definition) is 2. The second kappa shape index (κ2) is 5.75. The first kappa shape index (κ1) is 13.4. The van der Waals surface area contributed by atoms with Gasteiger partial charge in [-0.2, -0.15) is 0 Å². The van der Waals surface area contributed by atoms with Gasteiger partial charge in [0.1, 0.15) is 0 Å². The minimum absolute atomic E-state index is 0.373. The van der Waals surface area contributed by atoms with Crippen LogP contribution in [0.15, 0.2) is 24.3 Å². The summed E-state index contributed by atoms with van der Waals surface area (Å²) in [4.78, 5) is 2.16. The molecule has 0 atom stereocenters. The summed E-state index contributed by atoms with van der Waals surface area (Å²) in [6, 6.07) is 9.17. The van der Waals surface area contributed by atoms with Gasteiger partial charge in [-0.15, -0.1) is 0 Å². The third-order valence-corrected chi connectivity index (χ3v) is 4.32. The molecule has 0 spiro atoms. The Labute approximate surface area is 111 Å². The quantitative estimate of drug-likeness (QED) is 0.878. The van der Waals surface area contributed by atoms with Crippen molar-refractivity contribution in [3.63, 3.8) is 0 Å². The third kappa shape index (κ3) is 2.69. The monoisotopic (exact) mass is 246 g/mol. The van der Waals surface area contributed by atoms with Crippen LogP contribution in [0.4, 0.5) is 5.69 Å². The average molecular weight is 246 g/mol. The molecular formula is C16H26N2. The Kier molecular flexibility index (Phi) is 4.28. The van der Waals surface area contributed by atoms with Gasteiger partial charge < -0.3 is 10.2 Å². The van der Waals surface area contributed by atoms with Crippen LogP contribution in [0.3, 0.4) is 0 Å². The molecule has 1 aliphatic carbocycles. The maximum atomic E-state index is 3.40.